The van der Waals surface area contributed by atoms with Crippen molar-refractivity contribution in [2.24, 2.45) is 5.84 Å². The molecular weight excluding hydrogens is 322 g/mol. The van der Waals surface area contributed by atoms with Gasteiger partial charge in [0.05, 0.1) is 12.4 Å². The molecule has 0 aliphatic carbocycles. The van der Waals surface area contributed by atoms with Crippen LogP contribution in [0.1, 0.15) is 23.0 Å². The van der Waals surface area contributed by atoms with Crippen molar-refractivity contribution in [3.05, 3.63) is 46.3 Å². The quantitative estimate of drug-likeness (QED) is 0.589. The number of nitrogens with zero attached hydrogens (tertiary/aromatic N) is 2. The van der Waals surface area contributed by atoms with E-state index in [2.05, 4.69) is 36.6 Å². The van der Waals surface area contributed by atoms with Crippen LogP contribution >= 0.6 is 15.9 Å². The Labute approximate surface area is 124 Å². The molecule has 1 amide bonds. The lowest BCUT2D eigenvalue weighted by atomic mass is 10.1. The maximum Gasteiger partial charge on any atom is 0.275 e. The lowest BCUT2D eigenvalue weighted by Crippen LogP contribution is -2.17. The number of aromatic nitrogens is 2. The number of benzene rings is 1. The summed E-state index contributed by atoms with van der Waals surface area (Å²) < 4.78 is 0.974. The Bertz CT molecular complexity index is 632. The summed E-state index contributed by atoms with van der Waals surface area (Å²) in [6.07, 6.45) is 3.64. The number of carbonyl (C=O) groups excluding carboxylic acids is 1. The molecule has 0 unspecified atom stereocenters. The minimum absolute atomic E-state index is 0.199. The zero-order valence-electron chi connectivity index (χ0n) is 10.9. The number of hydrogen-bond donors (Lipinski definition) is 3. The van der Waals surface area contributed by atoms with Crippen molar-refractivity contribution in [3.8, 4) is 0 Å². The monoisotopic (exact) mass is 335 g/mol. The van der Waals surface area contributed by atoms with Gasteiger partial charge in [-0.3, -0.25) is 9.78 Å². The molecule has 6 nitrogen and oxygen atoms in total. The number of halogens is 1. The van der Waals surface area contributed by atoms with Gasteiger partial charge in [0, 0.05) is 10.2 Å². The number of nitrogens with two attached hydrogens (primary N) is 1. The molecule has 1 aromatic heterocycles. The van der Waals surface area contributed by atoms with E-state index in [-0.39, 0.29) is 11.6 Å². The van der Waals surface area contributed by atoms with Crippen LogP contribution in [0.5, 0.6) is 0 Å². The van der Waals surface area contributed by atoms with E-state index in [4.69, 9.17) is 5.84 Å². The molecule has 0 atom stereocenters. The molecule has 2 rings (SSSR count). The molecule has 0 aliphatic rings. The third-order valence-electron chi connectivity index (χ3n) is 2.71. The molecule has 0 fully saturated rings. The van der Waals surface area contributed by atoms with Gasteiger partial charge in [-0.05, 0) is 30.2 Å². The Balaban J connectivity index is 2.23. The van der Waals surface area contributed by atoms with E-state index in [1.54, 1.807) is 0 Å². The van der Waals surface area contributed by atoms with Gasteiger partial charge in [0.25, 0.3) is 5.91 Å². The zero-order chi connectivity index (χ0) is 14.5. The van der Waals surface area contributed by atoms with Crippen LogP contribution in [0, 0.1) is 0 Å². The molecule has 0 spiro atoms. The molecule has 0 saturated carbocycles. The maximum atomic E-state index is 12.1. The maximum absolute atomic E-state index is 12.1. The second-order valence-electron chi connectivity index (χ2n) is 4.04. The largest absolute Gasteiger partial charge is 0.320 e. The average Bonchev–Trinajstić information content (AvgIpc) is 2.49. The second-order valence-corrected chi connectivity index (χ2v) is 4.96. The number of anilines is 2. The highest BCUT2D eigenvalue weighted by Gasteiger charge is 2.11. The predicted octanol–water partition coefficient (Wildman–Crippen LogP) is 2.34. The summed E-state index contributed by atoms with van der Waals surface area (Å²) >= 11 is 3.41. The van der Waals surface area contributed by atoms with Gasteiger partial charge in [0.2, 0.25) is 0 Å². The first kappa shape index (κ1) is 14.4. The minimum Gasteiger partial charge on any atom is -0.320 e. The Kier molecular flexibility index (Phi) is 4.65. The SMILES string of the molecule is CCc1cc(Br)ccc1NC(=O)c1cncc(NN)n1. The molecule has 0 saturated heterocycles. The average molecular weight is 336 g/mol. The van der Waals surface area contributed by atoms with Crippen LogP contribution in [0.25, 0.3) is 0 Å². The molecule has 4 N–H and O–H groups in total. The molecule has 2 aromatic rings. The summed E-state index contributed by atoms with van der Waals surface area (Å²) in [6.45, 7) is 2.02. The summed E-state index contributed by atoms with van der Waals surface area (Å²) in [7, 11) is 0. The van der Waals surface area contributed by atoms with E-state index >= 15 is 0 Å². The van der Waals surface area contributed by atoms with Gasteiger partial charge in [-0.1, -0.05) is 22.9 Å². The topological polar surface area (TPSA) is 92.9 Å². The fraction of sp³-hybridized carbons (Fsp3) is 0.154. The second kappa shape index (κ2) is 6.44. The standard InChI is InChI=1S/C13H14BrN5O/c1-2-8-5-9(14)3-4-10(8)18-13(20)11-6-16-7-12(17-11)19-15/h3-7H,2,15H2,1H3,(H,17,19)(H,18,20). The fourth-order valence-electron chi connectivity index (χ4n) is 1.71. The molecule has 104 valence electrons. The van der Waals surface area contributed by atoms with Crippen LogP contribution in [-0.4, -0.2) is 15.9 Å². The third kappa shape index (κ3) is 3.31. The summed E-state index contributed by atoms with van der Waals surface area (Å²) in [4.78, 5) is 20.1. The van der Waals surface area contributed by atoms with E-state index in [0.717, 1.165) is 22.1 Å². The van der Waals surface area contributed by atoms with Crippen LogP contribution in [0.4, 0.5) is 11.5 Å². The lowest BCUT2D eigenvalue weighted by Gasteiger charge is -2.10. The molecule has 0 aliphatic heterocycles. The van der Waals surface area contributed by atoms with E-state index < -0.39 is 0 Å². The third-order valence-corrected chi connectivity index (χ3v) is 3.20. The molecular formula is C13H14BrN5O. The summed E-state index contributed by atoms with van der Waals surface area (Å²) in [5, 5.41) is 2.83. The number of amides is 1. The highest BCUT2D eigenvalue weighted by Crippen LogP contribution is 2.22. The lowest BCUT2D eigenvalue weighted by molar-refractivity contribution is 0.102. The zero-order valence-corrected chi connectivity index (χ0v) is 12.4. The van der Waals surface area contributed by atoms with Gasteiger partial charge >= 0.3 is 0 Å². The van der Waals surface area contributed by atoms with Crippen LogP contribution in [0.15, 0.2) is 35.1 Å². The molecule has 7 heteroatoms. The first-order valence-electron chi connectivity index (χ1n) is 6.02. The highest BCUT2D eigenvalue weighted by molar-refractivity contribution is 9.10. The van der Waals surface area contributed by atoms with Crippen LogP contribution in [0.2, 0.25) is 0 Å². The Hall–Kier alpha value is -1.99. The van der Waals surface area contributed by atoms with Crippen molar-refractivity contribution >= 4 is 33.3 Å². The first-order valence-corrected chi connectivity index (χ1v) is 6.81. The number of nitrogens with one attached hydrogen (secondary N) is 2. The minimum atomic E-state index is -0.327. The number of aryl methyl sites for hydroxylation is 1. The van der Waals surface area contributed by atoms with Crippen molar-refractivity contribution in [2.75, 3.05) is 10.7 Å². The van der Waals surface area contributed by atoms with E-state index in [0.29, 0.717) is 5.82 Å². The van der Waals surface area contributed by atoms with Crippen LogP contribution < -0.4 is 16.6 Å². The van der Waals surface area contributed by atoms with E-state index in [1.807, 2.05) is 25.1 Å². The number of carbonyl (C=O) groups is 1. The number of hydrazine groups is 1. The first-order chi connectivity index (χ1) is 9.63. The summed E-state index contributed by atoms with van der Waals surface area (Å²) in [5.41, 5.74) is 4.35. The molecule has 1 heterocycles. The Morgan fingerprint density at radius 1 is 1.40 bits per heavy atom. The van der Waals surface area contributed by atoms with Gasteiger partial charge in [-0.15, -0.1) is 0 Å². The molecule has 20 heavy (non-hydrogen) atoms. The van der Waals surface area contributed by atoms with Crippen LogP contribution in [0.3, 0.4) is 0 Å². The number of nitrogen functional groups attached to an aromatic ring is 1. The molecule has 0 radical (unpaired) electrons. The normalized spacial score (nSPS) is 10.2. The fourth-order valence-corrected chi connectivity index (χ4v) is 2.12. The van der Waals surface area contributed by atoms with Gasteiger partial charge in [0.1, 0.15) is 5.69 Å². The van der Waals surface area contributed by atoms with Crippen molar-refractivity contribution in [2.45, 2.75) is 13.3 Å². The molecule has 0 bridgehead atoms. The summed E-state index contributed by atoms with van der Waals surface area (Å²) in [6, 6.07) is 5.69. The Morgan fingerprint density at radius 3 is 2.90 bits per heavy atom. The number of rotatable bonds is 4. The van der Waals surface area contributed by atoms with Gasteiger partial charge in [-0.2, -0.15) is 0 Å². The van der Waals surface area contributed by atoms with Crippen molar-refractivity contribution in [1.82, 2.24) is 9.97 Å². The van der Waals surface area contributed by atoms with Crippen LogP contribution in [-0.2, 0) is 6.42 Å². The van der Waals surface area contributed by atoms with Gasteiger partial charge in [0.15, 0.2) is 5.82 Å². The Morgan fingerprint density at radius 2 is 2.20 bits per heavy atom. The predicted molar refractivity (Wildman–Crippen MR) is 81.3 cm³/mol. The highest BCUT2D eigenvalue weighted by atomic mass is 79.9. The van der Waals surface area contributed by atoms with Crippen molar-refractivity contribution in [1.29, 1.82) is 0 Å². The van der Waals surface area contributed by atoms with Gasteiger partial charge < -0.3 is 10.7 Å². The number of hydrogen-bond acceptors (Lipinski definition) is 5. The molecule has 1 aromatic carbocycles. The van der Waals surface area contributed by atoms with E-state index in [9.17, 15) is 4.79 Å². The van der Waals surface area contributed by atoms with E-state index in [1.165, 1.54) is 12.4 Å². The van der Waals surface area contributed by atoms with Crippen molar-refractivity contribution < 1.29 is 4.79 Å². The summed E-state index contributed by atoms with van der Waals surface area (Å²) in [5.74, 6) is 5.25. The van der Waals surface area contributed by atoms with Gasteiger partial charge in [-0.25, -0.2) is 10.8 Å². The smallest absolute Gasteiger partial charge is 0.275 e. The van der Waals surface area contributed by atoms with Crippen molar-refractivity contribution in [3.63, 3.8) is 0 Å².